The topological polar surface area (TPSA) is 53.4 Å². The van der Waals surface area contributed by atoms with Crippen molar-refractivity contribution in [2.75, 3.05) is 19.7 Å². The molecule has 23 heavy (non-hydrogen) atoms. The minimum atomic E-state index is 0.00801. The number of benzene rings is 1. The second-order valence-corrected chi connectivity index (χ2v) is 7.13. The van der Waals surface area contributed by atoms with Crippen molar-refractivity contribution in [3.8, 4) is 10.6 Å². The van der Waals surface area contributed by atoms with Gasteiger partial charge in [-0.25, -0.2) is 4.98 Å². The van der Waals surface area contributed by atoms with Crippen molar-refractivity contribution in [3.63, 3.8) is 0 Å². The number of carbonyl (C=O) groups is 1. The number of aromatic nitrogens is 1. The van der Waals surface area contributed by atoms with Crippen molar-refractivity contribution in [1.82, 2.24) is 9.88 Å². The van der Waals surface area contributed by atoms with Gasteiger partial charge in [0.25, 0.3) is 5.91 Å². The summed E-state index contributed by atoms with van der Waals surface area (Å²) in [5, 5.41) is 11.9. The van der Waals surface area contributed by atoms with Gasteiger partial charge in [0.2, 0.25) is 0 Å². The van der Waals surface area contributed by atoms with E-state index >= 15 is 0 Å². The summed E-state index contributed by atoms with van der Waals surface area (Å²) in [5.74, 6) is 0.342. The fourth-order valence-electron chi connectivity index (χ4n) is 3.03. The van der Waals surface area contributed by atoms with E-state index in [4.69, 9.17) is 0 Å². The molecule has 0 spiro atoms. The highest BCUT2D eigenvalue weighted by Crippen LogP contribution is 2.28. The molecule has 3 rings (SSSR count). The number of thiazole rings is 1. The van der Waals surface area contributed by atoms with Crippen LogP contribution in [0, 0.1) is 19.8 Å². The third kappa shape index (κ3) is 3.46. The van der Waals surface area contributed by atoms with Gasteiger partial charge in [0.05, 0.1) is 0 Å². The molecule has 0 atom stereocenters. The molecule has 2 aromatic rings. The van der Waals surface area contributed by atoms with Crippen molar-refractivity contribution >= 4 is 17.2 Å². The minimum absolute atomic E-state index is 0.00801. The number of amides is 1. The molecule has 0 saturated carbocycles. The van der Waals surface area contributed by atoms with E-state index < -0.39 is 0 Å². The Labute approximate surface area is 140 Å². The number of aryl methyl sites for hydroxylation is 2. The van der Waals surface area contributed by atoms with Crippen molar-refractivity contribution in [2.45, 2.75) is 26.7 Å². The summed E-state index contributed by atoms with van der Waals surface area (Å²) in [6.07, 6.45) is 1.74. The van der Waals surface area contributed by atoms with Crippen LogP contribution in [0.3, 0.4) is 0 Å². The number of hydrogen-bond donors (Lipinski definition) is 1. The molecule has 1 amide bonds. The maximum atomic E-state index is 12.6. The van der Waals surface area contributed by atoms with Crippen LogP contribution in [-0.4, -0.2) is 40.6 Å². The molecule has 1 N–H and O–H groups in total. The first-order chi connectivity index (χ1) is 11.1. The van der Waals surface area contributed by atoms with E-state index in [0.29, 0.717) is 24.7 Å². The van der Waals surface area contributed by atoms with E-state index in [1.165, 1.54) is 22.5 Å². The highest BCUT2D eigenvalue weighted by molar-refractivity contribution is 7.13. The van der Waals surface area contributed by atoms with E-state index in [1.54, 1.807) is 0 Å². The van der Waals surface area contributed by atoms with E-state index in [-0.39, 0.29) is 12.5 Å². The van der Waals surface area contributed by atoms with Gasteiger partial charge in [-0.2, -0.15) is 0 Å². The molecule has 1 saturated heterocycles. The molecule has 1 aliphatic rings. The average Bonchev–Trinajstić information content (AvgIpc) is 3.04. The number of rotatable bonds is 3. The summed E-state index contributed by atoms with van der Waals surface area (Å²) in [5.41, 5.74) is 4.04. The van der Waals surface area contributed by atoms with Crippen LogP contribution >= 0.6 is 11.3 Å². The summed E-state index contributed by atoms with van der Waals surface area (Å²) in [4.78, 5) is 19.0. The van der Waals surface area contributed by atoms with Crippen molar-refractivity contribution in [1.29, 1.82) is 0 Å². The van der Waals surface area contributed by atoms with Crippen molar-refractivity contribution in [2.24, 2.45) is 5.92 Å². The third-order valence-electron chi connectivity index (χ3n) is 4.50. The molecule has 0 bridgehead atoms. The highest BCUT2D eigenvalue weighted by Gasteiger charge is 2.24. The summed E-state index contributed by atoms with van der Waals surface area (Å²) in [7, 11) is 0. The van der Waals surface area contributed by atoms with Crippen LogP contribution < -0.4 is 0 Å². The smallest absolute Gasteiger partial charge is 0.273 e. The van der Waals surface area contributed by atoms with Gasteiger partial charge in [0, 0.05) is 30.6 Å². The van der Waals surface area contributed by atoms with Gasteiger partial charge in [-0.05, 0) is 38.2 Å². The zero-order valence-electron chi connectivity index (χ0n) is 13.6. The monoisotopic (exact) mass is 330 g/mol. The summed E-state index contributed by atoms with van der Waals surface area (Å²) < 4.78 is 0. The Morgan fingerprint density at radius 1 is 1.35 bits per heavy atom. The number of aliphatic hydroxyl groups excluding tert-OH is 1. The predicted octanol–water partition coefficient (Wildman–Crippen LogP) is 3.27. The molecule has 0 unspecified atom stereocenters. The van der Waals surface area contributed by atoms with Gasteiger partial charge in [-0.1, -0.05) is 23.8 Å². The quantitative estimate of drug-likeness (QED) is 0.940. The van der Waals surface area contributed by atoms with E-state index in [1.807, 2.05) is 10.3 Å². The van der Waals surface area contributed by atoms with Gasteiger partial charge in [0.15, 0.2) is 0 Å². The Morgan fingerprint density at radius 3 is 2.74 bits per heavy atom. The van der Waals surface area contributed by atoms with Gasteiger partial charge in [0.1, 0.15) is 10.7 Å². The van der Waals surface area contributed by atoms with Gasteiger partial charge < -0.3 is 10.0 Å². The first kappa shape index (κ1) is 16.1. The molecule has 122 valence electrons. The summed E-state index contributed by atoms with van der Waals surface area (Å²) in [6.45, 7) is 5.78. The van der Waals surface area contributed by atoms with E-state index in [0.717, 1.165) is 23.4 Å². The molecule has 0 radical (unpaired) electrons. The SMILES string of the molecule is Cc1ccc(-c2nc(C(=O)N3CCC(CO)CC3)cs2)c(C)c1. The third-order valence-corrected chi connectivity index (χ3v) is 5.37. The lowest BCUT2D eigenvalue weighted by atomic mass is 9.98. The predicted molar refractivity (Wildman–Crippen MR) is 92.7 cm³/mol. The highest BCUT2D eigenvalue weighted by atomic mass is 32.1. The molecular weight excluding hydrogens is 308 g/mol. The lowest BCUT2D eigenvalue weighted by Crippen LogP contribution is -2.39. The van der Waals surface area contributed by atoms with Crippen LogP contribution in [0.4, 0.5) is 0 Å². The van der Waals surface area contributed by atoms with Crippen molar-refractivity contribution < 1.29 is 9.90 Å². The maximum absolute atomic E-state index is 12.6. The number of likely N-dealkylation sites (tertiary alicyclic amines) is 1. The standard InChI is InChI=1S/C18H22N2O2S/c1-12-3-4-15(13(2)9-12)17-19-16(11-23-17)18(22)20-7-5-14(10-21)6-8-20/h3-4,9,11,14,21H,5-8,10H2,1-2H3. The Kier molecular flexibility index (Phi) is 4.78. The largest absolute Gasteiger partial charge is 0.396 e. The molecule has 4 nitrogen and oxygen atoms in total. The first-order valence-corrected chi connectivity index (χ1v) is 8.89. The zero-order chi connectivity index (χ0) is 16.4. The van der Waals surface area contributed by atoms with E-state index in [9.17, 15) is 9.90 Å². The lowest BCUT2D eigenvalue weighted by molar-refractivity contribution is 0.0646. The van der Waals surface area contributed by atoms with Gasteiger partial charge in [-0.3, -0.25) is 4.79 Å². The molecule has 1 aromatic carbocycles. The first-order valence-electron chi connectivity index (χ1n) is 8.01. The normalized spacial score (nSPS) is 15.9. The molecule has 5 heteroatoms. The summed E-state index contributed by atoms with van der Waals surface area (Å²) >= 11 is 1.52. The average molecular weight is 330 g/mol. The van der Waals surface area contributed by atoms with Gasteiger partial charge in [-0.15, -0.1) is 11.3 Å². The van der Waals surface area contributed by atoms with Crippen LogP contribution in [0.2, 0.25) is 0 Å². The Bertz CT molecular complexity index is 703. The van der Waals surface area contributed by atoms with Gasteiger partial charge >= 0.3 is 0 Å². The Balaban J connectivity index is 1.75. The van der Waals surface area contributed by atoms with Crippen molar-refractivity contribution in [3.05, 3.63) is 40.4 Å². The number of hydrogen-bond acceptors (Lipinski definition) is 4. The van der Waals surface area contributed by atoms with Crippen LogP contribution in [0.25, 0.3) is 10.6 Å². The number of nitrogens with zero attached hydrogens (tertiary/aromatic N) is 2. The second kappa shape index (κ2) is 6.81. The minimum Gasteiger partial charge on any atom is -0.396 e. The Hall–Kier alpha value is -1.72. The second-order valence-electron chi connectivity index (χ2n) is 6.27. The van der Waals surface area contributed by atoms with E-state index in [2.05, 4.69) is 37.0 Å². The number of piperidine rings is 1. The molecule has 0 aliphatic carbocycles. The molecule has 2 heterocycles. The van der Waals surface area contributed by atoms with Crippen LogP contribution in [0.1, 0.15) is 34.5 Å². The molecule has 1 aromatic heterocycles. The number of carbonyl (C=O) groups excluding carboxylic acids is 1. The molecular formula is C18H22N2O2S. The molecule has 1 fully saturated rings. The van der Waals surface area contributed by atoms with Crippen LogP contribution in [-0.2, 0) is 0 Å². The van der Waals surface area contributed by atoms with Crippen LogP contribution in [0.15, 0.2) is 23.6 Å². The number of aliphatic hydroxyl groups is 1. The fourth-order valence-corrected chi connectivity index (χ4v) is 3.91. The van der Waals surface area contributed by atoms with Crippen LogP contribution in [0.5, 0.6) is 0 Å². The Morgan fingerprint density at radius 2 is 2.09 bits per heavy atom. The molecule has 1 aliphatic heterocycles. The lowest BCUT2D eigenvalue weighted by Gasteiger charge is -2.30. The fraction of sp³-hybridized carbons (Fsp3) is 0.444. The zero-order valence-corrected chi connectivity index (χ0v) is 14.4. The maximum Gasteiger partial charge on any atom is 0.273 e. The summed E-state index contributed by atoms with van der Waals surface area (Å²) in [6, 6.07) is 6.29.